The van der Waals surface area contributed by atoms with Crippen LogP contribution in [0.1, 0.15) is 24.3 Å². The van der Waals surface area contributed by atoms with E-state index in [9.17, 15) is 0 Å². The first-order valence-electron chi connectivity index (χ1n) is 6.92. The van der Waals surface area contributed by atoms with Crippen LogP contribution in [0, 0.1) is 0 Å². The molecule has 5 nitrogen and oxygen atoms in total. The number of benzene rings is 1. The normalized spacial score (nSPS) is 12.1. The smallest absolute Gasteiger partial charge is 0.161 e. The van der Waals surface area contributed by atoms with E-state index in [2.05, 4.69) is 12.2 Å². The summed E-state index contributed by atoms with van der Waals surface area (Å²) in [5, 5.41) is 12.2. The number of hydrogen-bond donors (Lipinski definition) is 2. The van der Waals surface area contributed by atoms with Crippen LogP contribution in [-0.2, 0) is 6.54 Å². The summed E-state index contributed by atoms with van der Waals surface area (Å²) >= 11 is 0. The van der Waals surface area contributed by atoms with Gasteiger partial charge in [0, 0.05) is 6.04 Å². The van der Waals surface area contributed by atoms with Crippen molar-refractivity contribution in [3.05, 3.63) is 47.9 Å². The average Bonchev–Trinajstić information content (AvgIpc) is 3.03. The van der Waals surface area contributed by atoms with E-state index in [1.165, 1.54) is 0 Å². The van der Waals surface area contributed by atoms with Gasteiger partial charge in [-0.25, -0.2) is 0 Å². The highest BCUT2D eigenvalue weighted by Gasteiger charge is 2.11. The lowest BCUT2D eigenvalue weighted by Gasteiger charge is -2.16. The molecule has 0 aliphatic carbocycles. The van der Waals surface area contributed by atoms with Crippen molar-refractivity contribution in [1.82, 2.24) is 5.32 Å². The molecule has 0 saturated carbocycles. The fraction of sp³-hybridized carbons (Fsp3) is 0.375. The van der Waals surface area contributed by atoms with Crippen LogP contribution in [0.25, 0.3) is 0 Å². The van der Waals surface area contributed by atoms with Crippen molar-refractivity contribution < 1.29 is 19.0 Å². The van der Waals surface area contributed by atoms with Crippen LogP contribution < -0.4 is 14.8 Å². The van der Waals surface area contributed by atoms with Crippen molar-refractivity contribution in [2.24, 2.45) is 0 Å². The molecular weight excluding hydrogens is 270 g/mol. The number of ether oxygens (including phenoxy) is 2. The summed E-state index contributed by atoms with van der Waals surface area (Å²) < 4.78 is 16.0. The van der Waals surface area contributed by atoms with Crippen LogP contribution in [-0.4, -0.2) is 25.4 Å². The van der Waals surface area contributed by atoms with Gasteiger partial charge in [0.25, 0.3) is 0 Å². The fourth-order valence-electron chi connectivity index (χ4n) is 2.01. The molecule has 1 unspecified atom stereocenters. The highest BCUT2D eigenvalue weighted by molar-refractivity contribution is 5.43. The standard InChI is InChI=1S/C16H21NO4/c1-12(17-11-14-4-3-8-20-14)13-5-6-15(21-9-7-18)16(10-13)19-2/h3-6,8,10,12,17-18H,7,9,11H2,1-2H3. The van der Waals surface area contributed by atoms with E-state index in [-0.39, 0.29) is 19.3 Å². The molecule has 2 N–H and O–H groups in total. The number of aliphatic hydroxyl groups excluding tert-OH is 1. The van der Waals surface area contributed by atoms with Crippen molar-refractivity contribution in [1.29, 1.82) is 0 Å². The molecule has 1 atom stereocenters. The predicted octanol–water partition coefficient (Wildman–Crippen LogP) is 2.51. The van der Waals surface area contributed by atoms with Crippen molar-refractivity contribution in [2.75, 3.05) is 20.3 Å². The maximum Gasteiger partial charge on any atom is 0.161 e. The van der Waals surface area contributed by atoms with E-state index >= 15 is 0 Å². The molecule has 0 saturated heterocycles. The lowest BCUT2D eigenvalue weighted by molar-refractivity contribution is 0.196. The Morgan fingerprint density at radius 3 is 2.81 bits per heavy atom. The molecule has 2 rings (SSSR count). The van der Waals surface area contributed by atoms with Gasteiger partial charge in [0.15, 0.2) is 11.5 Å². The molecule has 21 heavy (non-hydrogen) atoms. The molecule has 1 heterocycles. The van der Waals surface area contributed by atoms with Crippen LogP contribution in [0.2, 0.25) is 0 Å². The summed E-state index contributed by atoms with van der Waals surface area (Å²) in [4.78, 5) is 0. The zero-order valence-electron chi connectivity index (χ0n) is 12.3. The van der Waals surface area contributed by atoms with Crippen molar-refractivity contribution in [2.45, 2.75) is 19.5 Å². The number of rotatable bonds is 8. The molecule has 0 amide bonds. The van der Waals surface area contributed by atoms with E-state index in [0.29, 0.717) is 18.0 Å². The summed E-state index contributed by atoms with van der Waals surface area (Å²) in [5.74, 6) is 2.19. The van der Waals surface area contributed by atoms with Crippen LogP contribution in [0.15, 0.2) is 41.0 Å². The van der Waals surface area contributed by atoms with E-state index in [0.717, 1.165) is 11.3 Å². The van der Waals surface area contributed by atoms with Gasteiger partial charge in [-0.05, 0) is 36.8 Å². The number of nitrogens with one attached hydrogen (secondary N) is 1. The number of aliphatic hydroxyl groups is 1. The first-order chi connectivity index (χ1) is 10.2. The minimum atomic E-state index is -0.0218. The quantitative estimate of drug-likeness (QED) is 0.782. The molecule has 0 radical (unpaired) electrons. The Balaban J connectivity index is 2.01. The Hall–Kier alpha value is -1.98. The van der Waals surface area contributed by atoms with Gasteiger partial charge in [-0.2, -0.15) is 0 Å². The summed E-state index contributed by atoms with van der Waals surface area (Å²) in [7, 11) is 1.60. The van der Waals surface area contributed by atoms with Gasteiger partial charge >= 0.3 is 0 Å². The zero-order valence-corrected chi connectivity index (χ0v) is 12.3. The fourth-order valence-corrected chi connectivity index (χ4v) is 2.01. The van der Waals surface area contributed by atoms with Crippen LogP contribution in [0.3, 0.4) is 0 Å². The molecular formula is C16H21NO4. The summed E-state index contributed by atoms with van der Waals surface area (Å²) in [6, 6.07) is 9.73. The molecule has 114 valence electrons. The Kier molecular flexibility index (Phi) is 5.66. The van der Waals surface area contributed by atoms with Crippen molar-refractivity contribution >= 4 is 0 Å². The molecule has 1 aromatic carbocycles. The zero-order chi connectivity index (χ0) is 15.1. The molecule has 2 aromatic rings. The second kappa shape index (κ2) is 7.71. The maximum atomic E-state index is 8.81. The molecule has 5 heteroatoms. The van der Waals surface area contributed by atoms with Gasteiger partial charge < -0.3 is 24.3 Å². The first kappa shape index (κ1) is 15.4. The molecule has 1 aromatic heterocycles. The third-order valence-electron chi connectivity index (χ3n) is 3.20. The molecule has 0 fully saturated rings. The summed E-state index contributed by atoms with van der Waals surface area (Å²) in [6.07, 6.45) is 1.66. The largest absolute Gasteiger partial charge is 0.493 e. The minimum Gasteiger partial charge on any atom is -0.493 e. The van der Waals surface area contributed by atoms with Gasteiger partial charge in [0.1, 0.15) is 12.4 Å². The Morgan fingerprint density at radius 2 is 2.14 bits per heavy atom. The molecule has 0 aliphatic rings. The number of hydrogen-bond acceptors (Lipinski definition) is 5. The molecule has 0 aliphatic heterocycles. The summed E-state index contributed by atoms with van der Waals surface area (Å²) in [5.41, 5.74) is 1.09. The molecule has 0 bridgehead atoms. The Bertz CT molecular complexity index is 539. The number of furan rings is 1. The monoisotopic (exact) mass is 291 g/mol. The lowest BCUT2D eigenvalue weighted by atomic mass is 10.1. The molecule has 0 spiro atoms. The predicted molar refractivity (Wildman–Crippen MR) is 79.5 cm³/mol. The highest BCUT2D eigenvalue weighted by Crippen LogP contribution is 2.30. The minimum absolute atomic E-state index is 0.0218. The maximum absolute atomic E-state index is 8.81. The van der Waals surface area contributed by atoms with Crippen LogP contribution in [0.4, 0.5) is 0 Å². The van der Waals surface area contributed by atoms with E-state index in [1.807, 2.05) is 30.3 Å². The second-order valence-corrected chi connectivity index (χ2v) is 4.66. The first-order valence-corrected chi connectivity index (χ1v) is 6.92. The SMILES string of the molecule is COc1cc(C(C)NCc2ccco2)ccc1OCCO. The van der Waals surface area contributed by atoms with Gasteiger partial charge in [-0.15, -0.1) is 0 Å². The van der Waals surface area contributed by atoms with Crippen molar-refractivity contribution in [3.63, 3.8) is 0 Å². The van der Waals surface area contributed by atoms with E-state index in [1.54, 1.807) is 13.4 Å². The van der Waals surface area contributed by atoms with Crippen molar-refractivity contribution in [3.8, 4) is 11.5 Å². The van der Waals surface area contributed by atoms with Gasteiger partial charge in [-0.3, -0.25) is 0 Å². The number of methoxy groups -OCH3 is 1. The van der Waals surface area contributed by atoms with Gasteiger partial charge in [0.2, 0.25) is 0 Å². The summed E-state index contributed by atoms with van der Waals surface area (Å²) in [6.45, 7) is 2.97. The van der Waals surface area contributed by atoms with Crippen LogP contribution >= 0.6 is 0 Å². The van der Waals surface area contributed by atoms with Gasteiger partial charge in [-0.1, -0.05) is 6.07 Å². The van der Waals surface area contributed by atoms with Crippen LogP contribution in [0.5, 0.6) is 11.5 Å². The average molecular weight is 291 g/mol. The third kappa shape index (κ3) is 4.24. The lowest BCUT2D eigenvalue weighted by Crippen LogP contribution is -2.17. The Morgan fingerprint density at radius 1 is 1.29 bits per heavy atom. The Labute approximate surface area is 124 Å². The highest BCUT2D eigenvalue weighted by atomic mass is 16.5. The van der Waals surface area contributed by atoms with Gasteiger partial charge in [0.05, 0.1) is 26.5 Å². The third-order valence-corrected chi connectivity index (χ3v) is 3.20. The van der Waals surface area contributed by atoms with E-state index in [4.69, 9.17) is 19.0 Å². The van der Waals surface area contributed by atoms with E-state index < -0.39 is 0 Å². The second-order valence-electron chi connectivity index (χ2n) is 4.66. The topological polar surface area (TPSA) is 63.9 Å².